The summed E-state index contributed by atoms with van der Waals surface area (Å²) in [5, 5.41) is 4.91. The van der Waals surface area contributed by atoms with Gasteiger partial charge in [0.25, 0.3) is 10.0 Å². The third-order valence-electron chi connectivity index (χ3n) is 4.48. The lowest BCUT2D eigenvalue weighted by molar-refractivity contribution is 0.459. The summed E-state index contributed by atoms with van der Waals surface area (Å²) >= 11 is 5.83. The van der Waals surface area contributed by atoms with Gasteiger partial charge in [-0.1, -0.05) is 11.6 Å². The molecule has 1 N–H and O–H groups in total. The summed E-state index contributed by atoms with van der Waals surface area (Å²) in [6.45, 7) is 5.64. The molecule has 0 atom stereocenters. The number of hydrogen-bond acceptors (Lipinski definition) is 6. The van der Waals surface area contributed by atoms with Gasteiger partial charge >= 0.3 is 0 Å². The van der Waals surface area contributed by atoms with Crippen LogP contribution < -0.4 is 9.46 Å². The van der Waals surface area contributed by atoms with E-state index in [0.29, 0.717) is 34.0 Å². The second kappa shape index (κ2) is 8.60. The molecule has 0 aliphatic rings. The summed E-state index contributed by atoms with van der Waals surface area (Å²) in [6.07, 6.45) is 0. The molecule has 164 valence electrons. The average Bonchev–Trinajstić information content (AvgIpc) is 3.07. The van der Waals surface area contributed by atoms with Gasteiger partial charge in [0.15, 0.2) is 5.82 Å². The molecule has 2 aromatic carbocycles. The first-order chi connectivity index (χ1) is 15.2. The van der Waals surface area contributed by atoms with Crippen molar-refractivity contribution in [3.05, 3.63) is 82.9 Å². The number of hydrogen-bond donors (Lipinski definition) is 1. The number of nitrogens with zero attached hydrogens (tertiary/aromatic N) is 4. The van der Waals surface area contributed by atoms with Crippen molar-refractivity contribution in [3.8, 4) is 17.4 Å². The van der Waals surface area contributed by atoms with Gasteiger partial charge in [0.1, 0.15) is 11.6 Å². The van der Waals surface area contributed by atoms with Gasteiger partial charge in [-0.25, -0.2) is 18.1 Å². The minimum absolute atomic E-state index is 0.121. The van der Waals surface area contributed by atoms with Crippen LogP contribution in [0.25, 0.3) is 5.82 Å². The average molecular weight is 470 g/mol. The summed E-state index contributed by atoms with van der Waals surface area (Å²) in [5.41, 5.74) is 2.23. The highest BCUT2D eigenvalue weighted by atomic mass is 35.5. The zero-order valence-corrected chi connectivity index (χ0v) is 19.1. The molecule has 0 bridgehead atoms. The number of aryl methyl sites for hydroxylation is 3. The van der Waals surface area contributed by atoms with Crippen LogP contribution in [0.3, 0.4) is 0 Å². The molecule has 32 heavy (non-hydrogen) atoms. The lowest BCUT2D eigenvalue weighted by Gasteiger charge is -2.11. The minimum Gasteiger partial charge on any atom is -0.439 e. The van der Waals surface area contributed by atoms with Crippen LogP contribution >= 0.6 is 11.6 Å². The zero-order chi connectivity index (χ0) is 22.9. The van der Waals surface area contributed by atoms with Gasteiger partial charge < -0.3 is 4.74 Å². The highest BCUT2D eigenvalue weighted by molar-refractivity contribution is 7.92. The van der Waals surface area contributed by atoms with Crippen LogP contribution in [0.5, 0.6) is 11.6 Å². The third kappa shape index (κ3) is 4.90. The normalized spacial score (nSPS) is 11.4. The van der Waals surface area contributed by atoms with E-state index < -0.39 is 10.0 Å². The Kier molecular flexibility index (Phi) is 5.86. The van der Waals surface area contributed by atoms with E-state index in [9.17, 15) is 8.42 Å². The molecule has 2 heterocycles. The number of sulfonamides is 1. The first kappa shape index (κ1) is 21.8. The van der Waals surface area contributed by atoms with E-state index in [2.05, 4.69) is 19.8 Å². The Morgan fingerprint density at radius 2 is 1.62 bits per heavy atom. The van der Waals surface area contributed by atoms with Crippen LogP contribution in [0.15, 0.2) is 65.6 Å². The Morgan fingerprint density at radius 1 is 0.938 bits per heavy atom. The standard InChI is InChI=1S/C22H20ClN5O3S/c1-14-12-15(2)28(26-14)21-13-22(25-16(3)24-21)31-19-8-6-18(7-9-19)27-32(29,30)20-10-4-17(23)5-11-20/h4-13,27H,1-3H3. The van der Waals surface area contributed by atoms with Gasteiger partial charge in [0, 0.05) is 22.5 Å². The molecule has 0 saturated carbocycles. The molecule has 4 aromatic rings. The second-order valence-electron chi connectivity index (χ2n) is 7.14. The largest absolute Gasteiger partial charge is 0.439 e. The van der Waals surface area contributed by atoms with Crippen LogP contribution in [0, 0.1) is 20.8 Å². The highest BCUT2D eigenvalue weighted by Crippen LogP contribution is 2.25. The summed E-state index contributed by atoms with van der Waals surface area (Å²) in [7, 11) is -3.73. The molecular formula is C22H20ClN5O3S. The van der Waals surface area contributed by atoms with Crippen LogP contribution in [-0.2, 0) is 10.0 Å². The van der Waals surface area contributed by atoms with Gasteiger partial charge in [0.2, 0.25) is 5.88 Å². The topological polar surface area (TPSA) is 99.0 Å². The van der Waals surface area contributed by atoms with E-state index in [-0.39, 0.29) is 4.90 Å². The van der Waals surface area contributed by atoms with E-state index >= 15 is 0 Å². The fourth-order valence-corrected chi connectivity index (χ4v) is 4.27. The maximum Gasteiger partial charge on any atom is 0.261 e. The van der Waals surface area contributed by atoms with Crippen molar-refractivity contribution >= 4 is 27.3 Å². The van der Waals surface area contributed by atoms with E-state index in [0.717, 1.165) is 11.4 Å². The van der Waals surface area contributed by atoms with Crippen LogP contribution in [-0.4, -0.2) is 28.2 Å². The molecule has 2 aromatic heterocycles. The number of halogens is 1. The predicted octanol–water partition coefficient (Wildman–Crippen LogP) is 4.83. The van der Waals surface area contributed by atoms with E-state index in [1.54, 1.807) is 41.9 Å². The zero-order valence-electron chi connectivity index (χ0n) is 17.6. The quantitative estimate of drug-likeness (QED) is 0.434. The molecule has 0 amide bonds. The van der Waals surface area contributed by atoms with Crippen LogP contribution in [0.4, 0.5) is 5.69 Å². The molecule has 8 nitrogen and oxygen atoms in total. The van der Waals surface area contributed by atoms with Crippen molar-refractivity contribution in [2.75, 3.05) is 4.72 Å². The first-order valence-corrected chi connectivity index (χ1v) is 11.5. The Balaban J connectivity index is 1.52. The number of benzene rings is 2. The van der Waals surface area contributed by atoms with E-state index in [1.165, 1.54) is 24.3 Å². The molecule has 0 aliphatic heterocycles. The number of nitrogens with one attached hydrogen (secondary N) is 1. The molecule has 0 unspecified atom stereocenters. The Labute approximate surface area is 190 Å². The van der Waals surface area contributed by atoms with E-state index in [4.69, 9.17) is 16.3 Å². The van der Waals surface area contributed by atoms with Gasteiger partial charge in [-0.3, -0.25) is 4.72 Å². The lowest BCUT2D eigenvalue weighted by Crippen LogP contribution is -2.12. The maximum atomic E-state index is 12.5. The molecule has 0 spiro atoms. The van der Waals surface area contributed by atoms with Gasteiger partial charge in [0.05, 0.1) is 10.6 Å². The van der Waals surface area contributed by atoms with Crippen molar-refractivity contribution in [2.24, 2.45) is 0 Å². The van der Waals surface area contributed by atoms with Crippen molar-refractivity contribution < 1.29 is 13.2 Å². The Bertz CT molecular complexity index is 1370. The second-order valence-corrected chi connectivity index (χ2v) is 9.26. The van der Waals surface area contributed by atoms with Crippen molar-refractivity contribution in [3.63, 3.8) is 0 Å². The van der Waals surface area contributed by atoms with Gasteiger partial charge in [-0.2, -0.15) is 10.1 Å². The Morgan fingerprint density at radius 3 is 2.25 bits per heavy atom. The molecule has 4 rings (SSSR count). The Hall–Kier alpha value is -3.43. The molecule has 0 saturated heterocycles. The van der Waals surface area contributed by atoms with Crippen molar-refractivity contribution in [1.82, 2.24) is 19.7 Å². The number of ether oxygens (including phenoxy) is 1. The fraction of sp³-hybridized carbons (Fsp3) is 0.136. The number of aromatic nitrogens is 4. The van der Waals surface area contributed by atoms with Gasteiger partial charge in [-0.15, -0.1) is 0 Å². The van der Waals surface area contributed by atoms with Crippen LogP contribution in [0.1, 0.15) is 17.2 Å². The van der Waals surface area contributed by atoms with E-state index in [1.807, 2.05) is 19.9 Å². The minimum atomic E-state index is -3.73. The number of anilines is 1. The van der Waals surface area contributed by atoms with Crippen molar-refractivity contribution in [1.29, 1.82) is 0 Å². The monoisotopic (exact) mass is 469 g/mol. The fourth-order valence-electron chi connectivity index (χ4n) is 3.09. The third-order valence-corrected chi connectivity index (χ3v) is 6.13. The summed E-state index contributed by atoms with van der Waals surface area (Å²) < 4.78 is 35.2. The van der Waals surface area contributed by atoms with Crippen molar-refractivity contribution in [2.45, 2.75) is 25.7 Å². The SMILES string of the molecule is Cc1cc(C)n(-c2cc(Oc3ccc(NS(=O)(=O)c4ccc(Cl)cc4)cc3)nc(C)n2)n1. The molecule has 0 fully saturated rings. The summed E-state index contributed by atoms with van der Waals surface area (Å²) in [5.74, 6) is 1.99. The molecule has 0 aliphatic carbocycles. The number of rotatable bonds is 6. The summed E-state index contributed by atoms with van der Waals surface area (Å²) in [6, 6.07) is 16.1. The maximum absolute atomic E-state index is 12.5. The van der Waals surface area contributed by atoms with Crippen LogP contribution in [0.2, 0.25) is 5.02 Å². The molecule has 0 radical (unpaired) electrons. The predicted molar refractivity (Wildman–Crippen MR) is 122 cm³/mol. The smallest absolute Gasteiger partial charge is 0.261 e. The van der Waals surface area contributed by atoms with Gasteiger partial charge in [-0.05, 0) is 75.4 Å². The molecular weight excluding hydrogens is 450 g/mol. The summed E-state index contributed by atoms with van der Waals surface area (Å²) in [4.78, 5) is 8.88. The first-order valence-electron chi connectivity index (χ1n) is 9.65. The highest BCUT2D eigenvalue weighted by Gasteiger charge is 2.14. The molecule has 10 heteroatoms. The lowest BCUT2D eigenvalue weighted by atomic mass is 10.3.